The number of nitrogens with one attached hydrogen (secondary N) is 1. The summed E-state index contributed by atoms with van der Waals surface area (Å²) < 4.78 is 72.0. The van der Waals surface area contributed by atoms with E-state index < -0.39 is 32.1 Å². The number of ether oxygens (including phenoxy) is 1. The molecule has 1 saturated heterocycles. The Bertz CT molecular complexity index is 1760. The van der Waals surface area contributed by atoms with Gasteiger partial charge in [-0.25, -0.2) is 14.8 Å². The van der Waals surface area contributed by atoms with Gasteiger partial charge >= 0.3 is 22.2 Å². The number of thiazole rings is 1. The van der Waals surface area contributed by atoms with Crippen molar-refractivity contribution in [2.45, 2.75) is 24.2 Å². The van der Waals surface area contributed by atoms with Crippen LogP contribution in [0.25, 0.3) is 22.0 Å². The average Bonchev–Trinajstić information content (AvgIpc) is 3.33. The maximum Gasteiger partial charge on any atom is 0.493 e. The van der Waals surface area contributed by atoms with Crippen LogP contribution < -0.4 is 19.4 Å². The van der Waals surface area contributed by atoms with Gasteiger partial charge in [0.2, 0.25) is 5.88 Å². The van der Waals surface area contributed by atoms with Crippen molar-refractivity contribution in [2.75, 3.05) is 42.7 Å². The second kappa shape index (κ2) is 11.3. The fraction of sp³-hybridized carbons (Fsp3) is 0.308. The first-order valence-corrected chi connectivity index (χ1v) is 14.8. The van der Waals surface area contributed by atoms with E-state index in [2.05, 4.69) is 30.0 Å². The van der Waals surface area contributed by atoms with E-state index in [0.717, 1.165) is 61.2 Å². The van der Waals surface area contributed by atoms with Gasteiger partial charge in [0.05, 0.1) is 23.3 Å². The number of nitrogens with zero attached hydrogens (tertiary/aromatic N) is 5. The Kier molecular flexibility index (Phi) is 7.96. The first-order valence-electron chi connectivity index (χ1n) is 12.6. The highest BCUT2D eigenvalue weighted by atomic mass is 32.2. The summed E-state index contributed by atoms with van der Waals surface area (Å²) in [6.45, 7) is 6.11. The number of methoxy groups -OCH3 is 1. The molecular weight excluding hydrogens is 597 g/mol. The Labute approximate surface area is 242 Å². The highest BCUT2D eigenvalue weighted by Gasteiger charge is 2.46. The van der Waals surface area contributed by atoms with Gasteiger partial charge in [-0.1, -0.05) is 10.5 Å². The van der Waals surface area contributed by atoms with Gasteiger partial charge in [-0.05, 0) is 43.7 Å². The molecule has 3 aromatic heterocycles. The minimum absolute atomic E-state index is 0.0242. The zero-order valence-electron chi connectivity index (χ0n) is 22.6. The van der Waals surface area contributed by atoms with Crippen molar-refractivity contribution in [3.8, 4) is 17.0 Å². The summed E-state index contributed by atoms with van der Waals surface area (Å²) in [5.74, 6) is -3.13. The molecule has 222 valence electrons. The van der Waals surface area contributed by atoms with Crippen molar-refractivity contribution in [1.29, 1.82) is 0 Å². The maximum absolute atomic E-state index is 13.7. The molecule has 11 nitrogen and oxygen atoms in total. The molecule has 4 heterocycles. The minimum Gasteiger partial charge on any atom is -0.479 e. The number of pyridine rings is 2. The molecule has 0 spiro atoms. The monoisotopic (exact) mass is 622 g/mol. The van der Waals surface area contributed by atoms with E-state index in [-0.39, 0.29) is 16.0 Å². The van der Waals surface area contributed by atoms with Gasteiger partial charge in [0.25, 0.3) is 0 Å². The summed E-state index contributed by atoms with van der Waals surface area (Å²) >= 11 is 0.719. The van der Waals surface area contributed by atoms with Crippen molar-refractivity contribution >= 4 is 49.6 Å². The largest absolute Gasteiger partial charge is 0.493 e. The van der Waals surface area contributed by atoms with E-state index in [1.807, 2.05) is 12.1 Å². The summed E-state index contributed by atoms with van der Waals surface area (Å²) in [6, 6.07) is 8.48. The smallest absolute Gasteiger partial charge is 0.479 e. The quantitative estimate of drug-likeness (QED) is 0.302. The third-order valence-electron chi connectivity index (χ3n) is 6.44. The number of carbonyl (C=O) groups excluding carboxylic acids is 1. The summed E-state index contributed by atoms with van der Waals surface area (Å²) in [5, 5.41) is 4.47. The SMILES string of the molecule is COc1ncc(-c2ccc3nccc(N4CCNCC4)c3c2)cc1N(OC(=O)C(F)(F)F)S(=O)(=O)c1sc(C)nc1C. The molecule has 0 unspecified atom stereocenters. The van der Waals surface area contributed by atoms with Crippen LogP contribution in [-0.2, 0) is 19.7 Å². The molecule has 1 fully saturated rings. The molecule has 1 aliphatic heterocycles. The van der Waals surface area contributed by atoms with Crippen LogP contribution in [0.4, 0.5) is 24.5 Å². The van der Waals surface area contributed by atoms with Gasteiger partial charge in [0.15, 0.2) is 9.90 Å². The number of piperazine rings is 1. The number of halogens is 3. The second-order valence-electron chi connectivity index (χ2n) is 9.27. The second-order valence-corrected chi connectivity index (χ2v) is 12.4. The third-order valence-corrected chi connectivity index (χ3v) is 9.66. The Morgan fingerprint density at radius 3 is 2.48 bits per heavy atom. The van der Waals surface area contributed by atoms with E-state index in [4.69, 9.17) is 4.74 Å². The van der Waals surface area contributed by atoms with E-state index >= 15 is 0 Å². The Morgan fingerprint density at radius 2 is 1.83 bits per heavy atom. The van der Waals surface area contributed by atoms with Gasteiger partial charge in [0.1, 0.15) is 0 Å². The van der Waals surface area contributed by atoms with E-state index in [0.29, 0.717) is 16.1 Å². The minimum atomic E-state index is -5.49. The van der Waals surface area contributed by atoms with Gasteiger partial charge in [-0.2, -0.15) is 21.6 Å². The fourth-order valence-corrected chi connectivity index (χ4v) is 7.32. The predicted octanol–water partition coefficient (Wildman–Crippen LogP) is 4.00. The van der Waals surface area contributed by atoms with E-state index in [9.17, 15) is 26.4 Å². The number of carbonyl (C=O) groups is 1. The molecule has 42 heavy (non-hydrogen) atoms. The van der Waals surface area contributed by atoms with Crippen LogP contribution in [0.1, 0.15) is 10.7 Å². The van der Waals surface area contributed by atoms with Gasteiger partial charge in [-0.3, -0.25) is 4.98 Å². The lowest BCUT2D eigenvalue weighted by Crippen LogP contribution is -2.43. The number of fused-ring (bicyclic) bond motifs is 1. The van der Waals surface area contributed by atoms with Crippen molar-refractivity contribution < 1.29 is 36.0 Å². The van der Waals surface area contributed by atoms with Crippen LogP contribution >= 0.6 is 11.3 Å². The lowest BCUT2D eigenvalue weighted by Gasteiger charge is -2.30. The summed E-state index contributed by atoms with van der Waals surface area (Å²) in [7, 11) is -3.74. The molecule has 1 N–H and O–H groups in total. The van der Waals surface area contributed by atoms with E-state index in [1.165, 1.54) is 26.1 Å². The van der Waals surface area contributed by atoms with Crippen LogP contribution in [0, 0.1) is 13.8 Å². The molecule has 0 saturated carbocycles. The van der Waals surface area contributed by atoms with Crippen molar-refractivity contribution in [3.05, 3.63) is 53.4 Å². The first-order chi connectivity index (χ1) is 19.9. The molecule has 0 atom stereocenters. The normalized spacial score (nSPS) is 14.2. The molecular formula is C26H25F3N6O5S2. The molecule has 16 heteroatoms. The molecule has 1 aromatic carbocycles. The van der Waals surface area contributed by atoms with Crippen molar-refractivity contribution in [1.82, 2.24) is 20.3 Å². The maximum atomic E-state index is 13.7. The van der Waals surface area contributed by atoms with E-state index in [1.54, 1.807) is 18.3 Å². The highest BCUT2D eigenvalue weighted by Crippen LogP contribution is 2.39. The molecule has 0 amide bonds. The fourth-order valence-electron chi connectivity index (χ4n) is 4.56. The zero-order valence-corrected chi connectivity index (χ0v) is 24.2. The van der Waals surface area contributed by atoms with Gasteiger partial charge in [0, 0.05) is 55.2 Å². The number of alkyl halides is 3. The van der Waals surface area contributed by atoms with Crippen molar-refractivity contribution in [3.63, 3.8) is 0 Å². The number of aromatic nitrogens is 3. The number of aryl methyl sites for hydroxylation is 2. The zero-order chi connectivity index (χ0) is 30.2. The number of benzene rings is 1. The first kappa shape index (κ1) is 29.5. The third kappa shape index (κ3) is 5.69. The number of hydrogen-bond acceptors (Lipinski definition) is 11. The molecule has 0 radical (unpaired) electrons. The summed E-state index contributed by atoms with van der Waals surface area (Å²) in [5.41, 5.74) is 2.04. The molecule has 0 bridgehead atoms. The summed E-state index contributed by atoms with van der Waals surface area (Å²) in [4.78, 5) is 31.3. The Morgan fingerprint density at radius 1 is 1.10 bits per heavy atom. The molecule has 0 aliphatic carbocycles. The number of anilines is 2. The van der Waals surface area contributed by atoms with Crippen LogP contribution in [-0.4, -0.2) is 68.8 Å². The lowest BCUT2D eigenvalue weighted by molar-refractivity contribution is -0.199. The van der Waals surface area contributed by atoms with Crippen LogP contribution in [0.2, 0.25) is 0 Å². The van der Waals surface area contributed by atoms with Crippen LogP contribution in [0.5, 0.6) is 5.88 Å². The Balaban J connectivity index is 1.66. The molecule has 1 aliphatic rings. The number of rotatable bonds is 7. The predicted molar refractivity (Wildman–Crippen MR) is 150 cm³/mol. The van der Waals surface area contributed by atoms with Crippen molar-refractivity contribution in [2.24, 2.45) is 0 Å². The molecule has 4 aromatic rings. The van der Waals surface area contributed by atoms with Crippen LogP contribution in [0.15, 0.2) is 46.9 Å². The average molecular weight is 623 g/mol. The van der Waals surface area contributed by atoms with Crippen LogP contribution in [0.3, 0.4) is 0 Å². The number of hydrogen-bond donors (Lipinski definition) is 1. The summed E-state index contributed by atoms with van der Waals surface area (Å²) in [6.07, 6.45) is -2.40. The van der Waals surface area contributed by atoms with Gasteiger partial charge < -0.3 is 19.8 Å². The lowest BCUT2D eigenvalue weighted by atomic mass is 10.0. The number of sulfonamides is 1. The standard InChI is InChI=1S/C26H25F3N6O5S2/c1-15-24(41-16(2)33-15)42(37,38)35(40-25(36)26(27,28)29)22-13-18(14-32-23(22)39-3)17-4-5-20-19(12-17)21(6-7-31-20)34-10-8-30-9-11-34/h4-7,12-14,30H,8-11H2,1-3H3. The Hall–Kier alpha value is -4.02. The molecule has 5 rings (SSSR count). The van der Waals surface area contributed by atoms with Gasteiger partial charge in [-0.15, -0.1) is 11.3 Å². The highest BCUT2D eigenvalue weighted by molar-refractivity contribution is 7.94. The topological polar surface area (TPSA) is 127 Å².